The van der Waals surface area contributed by atoms with Gasteiger partial charge in [-0.3, -0.25) is 4.79 Å². The van der Waals surface area contributed by atoms with Gasteiger partial charge in [0.05, 0.1) is 9.39 Å². The molecule has 5 heteroatoms. The van der Waals surface area contributed by atoms with Crippen LogP contribution in [0.5, 0.6) is 0 Å². The molecule has 1 unspecified atom stereocenters. The Balaban J connectivity index is 2.02. The molecule has 0 saturated heterocycles. The van der Waals surface area contributed by atoms with Crippen molar-refractivity contribution in [3.8, 4) is 6.07 Å². The second-order valence-electron chi connectivity index (χ2n) is 6.28. The van der Waals surface area contributed by atoms with E-state index in [0.717, 1.165) is 39.8 Å². The minimum absolute atomic E-state index is 0.195. The Morgan fingerprint density at radius 3 is 2.83 bits per heavy atom. The smallest absolute Gasteiger partial charge is 0.256 e. The minimum atomic E-state index is -0.195. The van der Waals surface area contributed by atoms with Crippen LogP contribution in [0.15, 0.2) is 24.3 Å². The summed E-state index contributed by atoms with van der Waals surface area (Å²) in [5.74, 6) is 0.393. The van der Waals surface area contributed by atoms with Gasteiger partial charge in [0.15, 0.2) is 0 Å². The normalized spacial score (nSPS) is 16.1. The van der Waals surface area contributed by atoms with E-state index < -0.39 is 0 Å². The van der Waals surface area contributed by atoms with Crippen molar-refractivity contribution in [3.63, 3.8) is 0 Å². The fraction of sp³-hybridized carbons (Fsp3) is 0.316. The number of carbonyl (C=O) groups excluding carboxylic acids is 1. The van der Waals surface area contributed by atoms with Crippen molar-refractivity contribution in [2.45, 2.75) is 33.1 Å². The van der Waals surface area contributed by atoms with Crippen molar-refractivity contribution < 1.29 is 4.79 Å². The van der Waals surface area contributed by atoms with Crippen LogP contribution in [0.25, 0.3) is 0 Å². The minimum Gasteiger partial charge on any atom is -0.312 e. The molecule has 1 atom stereocenters. The summed E-state index contributed by atoms with van der Waals surface area (Å²) in [6.07, 6.45) is 2.82. The van der Waals surface area contributed by atoms with Gasteiger partial charge in [-0.15, -0.1) is 11.3 Å². The van der Waals surface area contributed by atoms with Crippen LogP contribution in [-0.2, 0) is 12.8 Å². The third kappa shape index (κ3) is 3.12. The Labute approximate surface area is 151 Å². The highest BCUT2D eigenvalue weighted by Gasteiger charge is 2.23. The summed E-state index contributed by atoms with van der Waals surface area (Å²) in [6.45, 7) is 4.11. The predicted molar refractivity (Wildman–Crippen MR) is 100 cm³/mol. The monoisotopic (exact) mass is 354 g/mol. The second kappa shape index (κ2) is 6.84. The van der Waals surface area contributed by atoms with E-state index in [1.54, 1.807) is 6.07 Å². The highest BCUT2D eigenvalue weighted by molar-refractivity contribution is 7.73. The van der Waals surface area contributed by atoms with E-state index >= 15 is 0 Å². The molecule has 1 N–H and O–H groups in total. The molecule has 0 spiro atoms. The summed E-state index contributed by atoms with van der Waals surface area (Å²) < 4.78 is 0.788. The van der Waals surface area contributed by atoms with Gasteiger partial charge in [-0.2, -0.15) is 5.26 Å². The molecular weight excluding hydrogens is 336 g/mol. The lowest BCUT2D eigenvalue weighted by Gasteiger charge is -2.23. The molecule has 1 aliphatic carbocycles. The van der Waals surface area contributed by atoms with E-state index in [2.05, 4.69) is 18.3 Å². The highest BCUT2D eigenvalue weighted by Crippen LogP contribution is 2.36. The van der Waals surface area contributed by atoms with Gasteiger partial charge in [0.2, 0.25) is 0 Å². The molecule has 1 aromatic carbocycles. The van der Waals surface area contributed by atoms with E-state index in [0.29, 0.717) is 22.0 Å². The summed E-state index contributed by atoms with van der Waals surface area (Å²) in [5.41, 5.74) is 4.26. The zero-order chi connectivity index (χ0) is 17.3. The summed E-state index contributed by atoms with van der Waals surface area (Å²) in [6, 6.07) is 9.71. The van der Waals surface area contributed by atoms with Gasteiger partial charge >= 0.3 is 0 Å². The van der Waals surface area contributed by atoms with E-state index in [1.807, 2.05) is 25.1 Å². The third-order valence-corrected chi connectivity index (χ3v) is 5.94. The van der Waals surface area contributed by atoms with Crippen LogP contribution in [0.4, 0.5) is 5.00 Å². The Morgan fingerprint density at radius 2 is 2.12 bits per heavy atom. The number of amides is 1. The maximum atomic E-state index is 12.6. The van der Waals surface area contributed by atoms with Crippen molar-refractivity contribution in [1.82, 2.24) is 0 Å². The van der Waals surface area contributed by atoms with Gasteiger partial charge in [0.1, 0.15) is 11.1 Å². The largest absolute Gasteiger partial charge is 0.312 e. The Hall–Kier alpha value is -2.03. The van der Waals surface area contributed by atoms with Crippen LogP contribution in [0.3, 0.4) is 0 Å². The number of hydrogen-bond acceptors (Lipinski definition) is 4. The lowest BCUT2D eigenvalue weighted by atomic mass is 9.85. The molecule has 1 amide bonds. The predicted octanol–water partition coefficient (Wildman–Crippen LogP) is 5.03. The quantitative estimate of drug-likeness (QED) is 0.769. The van der Waals surface area contributed by atoms with Gasteiger partial charge in [0.25, 0.3) is 5.91 Å². The number of rotatable bonds is 2. The molecular formula is C19H18N2OS2. The van der Waals surface area contributed by atoms with E-state index in [-0.39, 0.29) is 5.91 Å². The molecule has 3 rings (SSSR count). The van der Waals surface area contributed by atoms with Crippen molar-refractivity contribution in [2.75, 3.05) is 5.32 Å². The van der Waals surface area contributed by atoms with Crippen LogP contribution in [0, 0.1) is 28.0 Å². The van der Waals surface area contributed by atoms with Crippen molar-refractivity contribution in [1.29, 1.82) is 5.26 Å². The Bertz CT molecular complexity index is 909. The molecule has 3 nitrogen and oxygen atoms in total. The standard InChI is InChI=1S/C19H18N2OS2/c1-11-7-8-14-15(9-11)19(23)24-18(16(14)10-20)21-17(22)13-6-4-3-5-12(13)2/h3-6,11H,7-9H2,1-2H3,(H,21,22). The number of fused-ring (bicyclic) bond motifs is 1. The first-order valence-electron chi connectivity index (χ1n) is 7.97. The summed E-state index contributed by atoms with van der Waals surface area (Å²) in [7, 11) is 0. The molecule has 1 heterocycles. The fourth-order valence-corrected chi connectivity index (χ4v) is 4.53. The molecule has 2 aromatic rings. The van der Waals surface area contributed by atoms with Crippen LogP contribution < -0.4 is 5.32 Å². The molecule has 1 aliphatic rings. The Kier molecular flexibility index (Phi) is 4.79. The average molecular weight is 355 g/mol. The SMILES string of the molecule is Cc1ccccc1C(=O)Nc1sc(=S)c2c(c1C#N)CCC(C)C2. The molecule has 0 saturated carbocycles. The summed E-state index contributed by atoms with van der Waals surface area (Å²) in [5, 5.41) is 13.1. The molecule has 0 fully saturated rings. The lowest BCUT2D eigenvalue weighted by Crippen LogP contribution is -2.17. The average Bonchev–Trinajstić information content (AvgIpc) is 2.56. The molecule has 1 aromatic heterocycles. The van der Waals surface area contributed by atoms with Gasteiger partial charge in [-0.05, 0) is 54.9 Å². The number of hydrogen-bond donors (Lipinski definition) is 1. The second-order valence-corrected chi connectivity index (χ2v) is 7.97. The molecule has 0 bridgehead atoms. The number of nitrogens with zero attached hydrogens (tertiary/aromatic N) is 1. The van der Waals surface area contributed by atoms with Crippen LogP contribution >= 0.6 is 23.6 Å². The number of nitriles is 1. The van der Waals surface area contributed by atoms with Gasteiger partial charge < -0.3 is 5.32 Å². The molecule has 24 heavy (non-hydrogen) atoms. The van der Waals surface area contributed by atoms with Gasteiger partial charge in [-0.25, -0.2) is 0 Å². The molecule has 122 valence electrons. The van der Waals surface area contributed by atoms with E-state index in [9.17, 15) is 10.1 Å². The maximum absolute atomic E-state index is 12.6. The third-order valence-electron chi connectivity index (χ3n) is 4.50. The molecule has 0 aliphatic heterocycles. The van der Waals surface area contributed by atoms with Crippen LogP contribution in [0.1, 0.15) is 46.0 Å². The first-order chi connectivity index (χ1) is 11.5. The van der Waals surface area contributed by atoms with Crippen molar-refractivity contribution >= 4 is 34.5 Å². The zero-order valence-corrected chi connectivity index (χ0v) is 15.3. The van der Waals surface area contributed by atoms with Gasteiger partial charge in [0, 0.05) is 5.56 Å². The number of nitrogens with one attached hydrogen (secondary N) is 1. The van der Waals surface area contributed by atoms with E-state index in [1.165, 1.54) is 11.3 Å². The van der Waals surface area contributed by atoms with Crippen LogP contribution in [0.2, 0.25) is 0 Å². The first-order valence-corrected chi connectivity index (χ1v) is 9.19. The zero-order valence-electron chi connectivity index (χ0n) is 13.7. The number of anilines is 1. The topological polar surface area (TPSA) is 52.9 Å². The molecule has 0 radical (unpaired) electrons. The maximum Gasteiger partial charge on any atom is 0.256 e. The summed E-state index contributed by atoms with van der Waals surface area (Å²) in [4.78, 5) is 12.6. The van der Waals surface area contributed by atoms with E-state index in [4.69, 9.17) is 12.2 Å². The Morgan fingerprint density at radius 1 is 1.38 bits per heavy atom. The van der Waals surface area contributed by atoms with Crippen molar-refractivity contribution in [3.05, 3.63) is 55.9 Å². The van der Waals surface area contributed by atoms with Crippen LogP contribution in [-0.4, -0.2) is 5.91 Å². The number of benzene rings is 1. The van der Waals surface area contributed by atoms with Gasteiger partial charge in [-0.1, -0.05) is 37.3 Å². The lowest BCUT2D eigenvalue weighted by molar-refractivity contribution is 0.102. The summed E-state index contributed by atoms with van der Waals surface area (Å²) >= 11 is 6.87. The fourth-order valence-electron chi connectivity index (χ4n) is 3.14. The number of aryl methyl sites for hydroxylation is 1. The first kappa shape index (κ1) is 16.8. The van der Waals surface area contributed by atoms with Crippen molar-refractivity contribution in [2.24, 2.45) is 5.92 Å². The number of carbonyl (C=O) groups is 1. The highest BCUT2D eigenvalue weighted by atomic mass is 32.1.